The number of carbonyl (C=O) groups is 1. The quantitative estimate of drug-likeness (QED) is 0.717. The smallest absolute Gasteiger partial charge is 0.225 e. The number of hydrogen-bond donors (Lipinski definition) is 2. The second kappa shape index (κ2) is 5.48. The Labute approximate surface area is 98.5 Å². The molecule has 1 aliphatic carbocycles. The molecule has 0 radical (unpaired) electrons. The van der Waals surface area contributed by atoms with Gasteiger partial charge in [-0.15, -0.1) is 6.58 Å². The van der Waals surface area contributed by atoms with Crippen molar-refractivity contribution in [1.82, 2.24) is 5.32 Å². The molecule has 3 nitrogen and oxygen atoms in total. The van der Waals surface area contributed by atoms with Crippen molar-refractivity contribution in [1.29, 1.82) is 0 Å². The molecular weight excluding hydrogens is 200 g/mol. The summed E-state index contributed by atoms with van der Waals surface area (Å²) in [4.78, 5) is 12.1. The van der Waals surface area contributed by atoms with Crippen molar-refractivity contribution in [3.05, 3.63) is 12.7 Å². The van der Waals surface area contributed by atoms with Crippen LogP contribution in [0.15, 0.2) is 12.7 Å². The molecule has 3 heteroatoms. The zero-order valence-electron chi connectivity index (χ0n) is 10.5. The molecule has 0 aromatic carbocycles. The van der Waals surface area contributed by atoms with Gasteiger partial charge in [0, 0.05) is 11.6 Å². The van der Waals surface area contributed by atoms with Crippen LogP contribution in [0.1, 0.15) is 46.0 Å². The first-order valence-electron chi connectivity index (χ1n) is 6.17. The molecule has 0 aromatic rings. The van der Waals surface area contributed by atoms with Gasteiger partial charge in [-0.2, -0.15) is 0 Å². The van der Waals surface area contributed by atoms with E-state index in [0.29, 0.717) is 0 Å². The predicted molar refractivity (Wildman–Crippen MR) is 67.0 cm³/mol. The van der Waals surface area contributed by atoms with E-state index in [1.54, 1.807) is 0 Å². The van der Waals surface area contributed by atoms with E-state index in [1.165, 1.54) is 0 Å². The highest BCUT2D eigenvalue weighted by Gasteiger charge is 2.37. The minimum Gasteiger partial charge on any atom is -0.353 e. The number of nitrogens with two attached hydrogens (primary N) is 1. The van der Waals surface area contributed by atoms with E-state index < -0.39 is 0 Å². The molecule has 0 heterocycles. The Kier molecular flexibility index (Phi) is 4.54. The molecule has 0 spiro atoms. The molecule has 1 aliphatic rings. The Bertz CT molecular complexity index is 261. The SMILES string of the molecule is C=CCC(C)NC(=O)C1CCCCC1(C)N. The van der Waals surface area contributed by atoms with Gasteiger partial charge in [-0.25, -0.2) is 0 Å². The van der Waals surface area contributed by atoms with Gasteiger partial charge >= 0.3 is 0 Å². The first-order valence-corrected chi connectivity index (χ1v) is 6.17. The van der Waals surface area contributed by atoms with E-state index in [-0.39, 0.29) is 23.4 Å². The van der Waals surface area contributed by atoms with Gasteiger partial charge < -0.3 is 11.1 Å². The zero-order valence-corrected chi connectivity index (χ0v) is 10.5. The van der Waals surface area contributed by atoms with Crippen LogP contribution < -0.4 is 11.1 Å². The molecule has 1 amide bonds. The number of rotatable bonds is 4. The summed E-state index contributed by atoms with van der Waals surface area (Å²) in [6, 6.07) is 0.155. The second-order valence-electron chi connectivity index (χ2n) is 5.24. The topological polar surface area (TPSA) is 55.1 Å². The summed E-state index contributed by atoms with van der Waals surface area (Å²) in [6.07, 6.45) is 6.74. The van der Waals surface area contributed by atoms with Crippen molar-refractivity contribution in [2.24, 2.45) is 11.7 Å². The van der Waals surface area contributed by atoms with Gasteiger partial charge in [0.25, 0.3) is 0 Å². The zero-order chi connectivity index (χ0) is 12.2. The molecular formula is C13H24N2O. The Morgan fingerprint density at radius 3 is 2.94 bits per heavy atom. The van der Waals surface area contributed by atoms with E-state index in [1.807, 2.05) is 19.9 Å². The fraction of sp³-hybridized carbons (Fsp3) is 0.769. The maximum atomic E-state index is 12.1. The molecule has 0 bridgehead atoms. The van der Waals surface area contributed by atoms with Crippen LogP contribution in [0.4, 0.5) is 0 Å². The predicted octanol–water partition coefficient (Wildman–Crippen LogP) is 1.97. The highest BCUT2D eigenvalue weighted by Crippen LogP contribution is 2.31. The summed E-state index contributed by atoms with van der Waals surface area (Å²) in [5.74, 6) is 0.0764. The molecule has 3 unspecified atom stereocenters. The van der Waals surface area contributed by atoms with Gasteiger partial charge in [0.2, 0.25) is 5.91 Å². The van der Waals surface area contributed by atoms with Crippen LogP contribution in [-0.2, 0) is 4.79 Å². The number of nitrogens with one attached hydrogen (secondary N) is 1. The molecule has 92 valence electrons. The Hall–Kier alpha value is -0.830. The fourth-order valence-electron chi connectivity index (χ4n) is 2.44. The molecule has 0 aliphatic heterocycles. The van der Waals surface area contributed by atoms with E-state index in [4.69, 9.17) is 5.73 Å². The van der Waals surface area contributed by atoms with Gasteiger partial charge in [-0.05, 0) is 33.1 Å². The first-order chi connectivity index (χ1) is 7.47. The van der Waals surface area contributed by atoms with Crippen molar-refractivity contribution < 1.29 is 4.79 Å². The Morgan fingerprint density at radius 2 is 2.38 bits per heavy atom. The molecule has 16 heavy (non-hydrogen) atoms. The van der Waals surface area contributed by atoms with Crippen LogP contribution in [0, 0.1) is 5.92 Å². The van der Waals surface area contributed by atoms with Crippen molar-refractivity contribution in [2.45, 2.75) is 57.5 Å². The van der Waals surface area contributed by atoms with Crippen molar-refractivity contribution >= 4 is 5.91 Å². The van der Waals surface area contributed by atoms with Gasteiger partial charge in [0.1, 0.15) is 0 Å². The van der Waals surface area contributed by atoms with Crippen molar-refractivity contribution in [2.75, 3.05) is 0 Å². The first kappa shape index (κ1) is 13.2. The number of hydrogen-bond acceptors (Lipinski definition) is 2. The van der Waals surface area contributed by atoms with Crippen LogP contribution in [-0.4, -0.2) is 17.5 Å². The van der Waals surface area contributed by atoms with Crippen molar-refractivity contribution in [3.63, 3.8) is 0 Å². The standard InChI is InChI=1S/C13H24N2O/c1-4-7-10(2)15-12(16)11-8-5-6-9-13(11,3)14/h4,10-11H,1,5-9,14H2,2-3H3,(H,15,16). The third-order valence-electron chi connectivity index (χ3n) is 3.48. The minimum atomic E-state index is -0.337. The molecule has 0 saturated heterocycles. The maximum absolute atomic E-state index is 12.1. The highest BCUT2D eigenvalue weighted by molar-refractivity contribution is 5.80. The average molecular weight is 224 g/mol. The fourth-order valence-corrected chi connectivity index (χ4v) is 2.44. The van der Waals surface area contributed by atoms with Crippen LogP contribution in [0.2, 0.25) is 0 Å². The van der Waals surface area contributed by atoms with E-state index in [0.717, 1.165) is 32.1 Å². The summed E-state index contributed by atoms with van der Waals surface area (Å²) in [5, 5.41) is 3.02. The van der Waals surface area contributed by atoms with E-state index >= 15 is 0 Å². The van der Waals surface area contributed by atoms with Crippen molar-refractivity contribution in [3.8, 4) is 0 Å². The summed E-state index contributed by atoms with van der Waals surface area (Å²) < 4.78 is 0. The molecule has 3 atom stereocenters. The summed E-state index contributed by atoms with van der Waals surface area (Å²) >= 11 is 0. The average Bonchev–Trinajstić information content (AvgIpc) is 2.16. The van der Waals surface area contributed by atoms with Crippen LogP contribution in [0.5, 0.6) is 0 Å². The van der Waals surface area contributed by atoms with Gasteiger partial charge in [-0.3, -0.25) is 4.79 Å². The highest BCUT2D eigenvalue weighted by atomic mass is 16.2. The molecule has 1 rings (SSSR count). The largest absolute Gasteiger partial charge is 0.353 e. The van der Waals surface area contributed by atoms with Crippen LogP contribution in [0.3, 0.4) is 0 Å². The third kappa shape index (κ3) is 3.34. The molecule has 3 N–H and O–H groups in total. The minimum absolute atomic E-state index is 0.0338. The lowest BCUT2D eigenvalue weighted by molar-refractivity contribution is -0.128. The maximum Gasteiger partial charge on any atom is 0.225 e. The third-order valence-corrected chi connectivity index (χ3v) is 3.48. The van der Waals surface area contributed by atoms with E-state index in [9.17, 15) is 4.79 Å². The Morgan fingerprint density at radius 1 is 1.69 bits per heavy atom. The lowest BCUT2D eigenvalue weighted by atomic mass is 9.74. The Balaban J connectivity index is 2.54. The summed E-state index contributed by atoms with van der Waals surface area (Å²) in [7, 11) is 0. The second-order valence-corrected chi connectivity index (χ2v) is 5.24. The van der Waals surface area contributed by atoms with Gasteiger partial charge in [0.05, 0.1) is 5.92 Å². The van der Waals surface area contributed by atoms with Gasteiger partial charge in [-0.1, -0.05) is 18.9 Å². The van der Waals surface area contributed by atoms with Crippen LogP contribution in [0.25, 0.3) is 0 Å². The summed E-state index contributed by atoms with van der Waals surface area (Å²) in [6.45, 7) is 7.66. The van der Waals surface area contributed by atoms with Gasteiger partial charge in [0.15, 0.2) is 0 Å². The lowest BCUT2D eigenvalue weighted by Gasteiger charge is -2.37. The van der Waals surface area contributed by atoms with E-state index in [2.05, 4.69) is 11.9 Å². The molecule has 1 saturated carbocycles. The monoisotopic (exact) mass is 224 g/mol. The summed E-state index contributed by atoms with van der Waals surface area (Å²) in [5.41, 5.74) is 5.85. The normalized spacial score (nSPS) is 31.8. The molecule has 0 aromatic heterocycles. The lowest BCUT2D eigenvalue weighted by Crippen LogP contribution is -2.53. The van der Waals surface area contributed by atoms with Crippen LogP contribution >= 0.6 is 0 Å². The number of carbonyl (C=O) groups excluding carboxylic acids is 1. The molecule has 1 fully saturated rings. The number of amides is 1.